The van der Waals surface area contributed by atoms with Gasteiger partial charge in [-0.05, 0) is 115 Å². The lowest BCUT2D eigenvalue weighted by atomic mass is 9.51. The molecule has 2 spiro atoms. The van der Waals surface area contributed by atoms with Gasteiger partial charge in [0.15, 0.2) is 0 Å². The second-order valence-corrected chi connectivity index (χ2v) is 15.2. The predicted molar refractivity (Wildman–Crippen MR) is 222 cm³/mol. The van der Waals surface area contributed by atoms with E-state index in [-0.39, 0.29) is 0 Å². The monoisotopic (exact) mass is 685 g/mol. The number of hydrogen-bond acceptors (Lipinski definition) is 1. The van der Waals surface area contributed by atoms with Gasteiger partial charge in [-0.1, -0.05) is 164 Å². The molecule has 252 valence electrons. The number of hydrogen-bond donors (Lipinski definition) is 0. The molecule has 0 saturated heterocycles. The molecule has 0 saturated carbocycles. The topological polar surface area (TPSA) is 12.9 Å². The fourth-order valence-electron chi connectivity index (χ4n) is 10.8. The minimum absolute atomic E-state index is 0.391. The largest absolute Gasteiger partial charge is 0.248 e. The van der Waals surface area contributed by atoms with E-state index in [1.54, 1.807) is 0 Å². The molecule has 0 N–H and O–H groups in total. The summed E-state index contributed by atoms with van der Waals surface area (Å²) in [6.07, 6.45) is 6.96. The molecule has 8 aromatic rings. The van der Waals surface area contributed by atoms with E-state index in [0.717, 1.165) is 35.0 Å². The molecule has 0 radical (unpaired) electrons. The van der Waals surface area contributed by atoms with Crippen LogP contribution < -0.4 is 0 Å². The van der Waals surface area contributed by atoms with Crippen LogP contribution in [0.3, 0.4) is 0 Å². The predicted octanol–water partition coefficient (Wildman–Crippen LogP) is 12.9. The summed E-state index contributed by atoms with van der Waals surface area (Å²) in [6, 6.07) is 65.8. The first-order chi connectivity index (χ1) is 26.8. The highest BCUT2D eigenvalue weighted by Crippen LogP contribution is 2.68. The Morgan fingerprint density at radius 2 is 0.981 bits per heavy atom. The summed E-state index contributed by atoms with van der Waals surface area (Å²) in [5.74, 6) is 0. The maximum Gasteiger partial charge on any atom is 0.0716 e. The molecule has 7 aromatic carbocycles. The fourth-order valence-corrected chi connectivity index (χ4v) is 10.8. The summed E-state index contributed by atoms with van der Waals surface area (Å²) in [6.45, 7) is 0. The molecule has 1 aromatic heterocycles. The van der Waals surface area contributed by atoms with Crippen molar-refractivity contribution in [2.45, 2.75) is 23.7 Å². The van der Waals surface area contributed by atoms with Gasteiger partial charge in [0, 0.05) is 10.9 Å². The normalized spacial score (nSPS) is 17.9. The molecule has 1 atom stereocenters. The molecule has 12 rings (SSSR count). The van der Waals surface area contributed by atoms with Crippen molar-refractivity contribution in [2.75, 3.05) is 0 Å². The minimum atomic E-state index is -0.423. The fraction of sp³-hybridized carbons (Fsp3) is 0.0755. The standard InChI is InChI=1S/C53H35N/c1-12-27-50-34(14-1)29-31-51(54-50)37-16-13-15-35(32-37)36-28-30-41-40-19-4-7-22-44(40)53(49(41)33-36)47-25-10-8-23-45(47)52(46-24-9-11-26-48(46)53)42-20-5-2-17-38(42)39-18-3-6-21-43(39)52/h1-10,12-25,27-33H,11,26H2. The highest BCUT2D eigenvalue weighted by atomic mass is 14.7. The number of pyridine rings is 1. The molecule has 54 heavy (non-hydrogen) atoms. The number of benzene rings is 7. The highest BCUT2D eigenvalue weighted by molar-refractivity contribution is 5.94. The Kier molecular flexibility index (Phi) is 6.09. The molecule has 0 bridgehead atoms. The van der Waals surface area contributed by atoms with E-state index >= 15 is 0 Å². The Balaban J connectivity index is 1.14. The van der Waals surface area contributed by atoms with Gasteiger partial charge >= 0.3 is 0 Å². The van der Waals surface area contributed by atoms with Crippen LogP contribution in [0.5, 0.6) is 0 Å². The lowest BCUT2D eigenvalue weighted by Crippen LogP contribution is -2.44. The second-order valence-electron chi connectivity index (χ2n) is 15.2. The van der Waals surface area contributed by atoms with Crippen LogP contribution in [0.25, 0.3) is 55.5 Å². The van der Waals surface area contributed by atoms with Crippen LogP contribution >= 0.6 is 0 Å². The van der Waals surface area contributed by atoms with E-state index in [1.807, 2.05) is 0 Å². The number of rotatable bonds is 2. The molecule has 0 amide bonds. The molecule has 1 nitrogen and oxygen atoms in total. The van der Waals surface area contributed by atoms with E-state index in [1.165, 1.54) is 77.9 Å². The average Bonchev–Trinajstić information content (AvgIpc) is 3.71. The molecule has 1 heterocycles. The van der Waals surface area contributed by atoms with Crippen molar-refractivity contribution < 1.29 is 0 Å². The Morgan fingerprint density at radius 3 is 1.72 bits per heavy atom. The van der Waals surface area contributed by atoms with Gasteiger partial charge in [-0.3, -0.25) is 0 Å². The van der Waals surface area contributed by atoms with Crippen molar-refractivity contribution in [1.29, 1.82) is 0 Å². The quantitative estimate of drug-likeness (QED) is 0.176. The summed E-state index contributed by atoms with van der Waals surface area (Å²) in [5, 5.41) is 1.16. The number of fused-ring (bicyclic) bond motifs is 16. The molecule has 0 fully saturated rings. The van der Waals surface area contributed by atoms with E-state index in [4.69, 9.17) is 4.98 Å². The molecular formula is C53H35N. The average molecular weight is 686 g/mol. The summed E-state index contributed by atoms with van der Waals surface area (Å²) < 4.78 is 0. The van der Waals surface area contributed by atoms with Crippen LogP contribution in [-0.2, 0) is 10.8 Å². The maximum atomic E-state index is 5.06. The van der Waals surface area contributed by atoms with Crippen molar-refractivity contribution in [3.8, 4) is 44.6 Å². The lowest BCUT2D eigenvalue weighted by Gasteiger charge is -2.50. The van der Waals surface area contributed by atoms with E-state index in [0.29, 0.717) is 0 Å². The van der Waals surface area contributed by atoms with Gasteiger partial charge in [-0.15, -0.1) is 0 Å². The van der Waals surface area contributed by atoms with E-state index < -0.39 is 10.8 Å². The molecule has 1 unspecified atom stereocenters. The van der Waals surface area contributed by atoms with Crippen LogP contribution in [0, 0.1) is 0 Å². The maximum absolute atomic E-state index is 5.06. The number of para-hydroxylation sites is 1. The van der Waals surface area contributed by atoms with Gasteiger partial charge in [-0.2, -0.15) is 0 Å². The highest BCUT2D eigenvalue weighted by Gasteiger charge is 2.59. The number of aromatic nitrogens is 1. The van der Waals surface area contributed by atoms with Gasteiger partial charge in [0.1, 0.15) is 0 Å². The third kappa shape index (κ3) is 3.71. The van der Waals surface area contributed by atoms with E-state index in [2.05, 4.69) is 188 Å². The third-order valence-corrected chi connectivity index (χ3v) is 12.8. The smallest absolute Gasteiger partial charge is 0.0716 e. The van der Waals surface area contributed by atoms with Crippen LogP contribution in [-0.4, -0.2) is 4.98 Å². The first kappa shape index (κ1) is 29.9. The number of allylic oxidation sites excluding steroid dienone is 4. The van der Waals surface area contributed by atoms with Crippen LogP contribution in [0.4, 0.5) is 0 Å². The van der Waals surface area contributed by atoms with Crippen molar-refractivity contribution in [3.63, 3.8) is 0 Å². The Bertz CT molecular complexity index is 2910. The van der Waals surface area contributed by atoms with Crippen LogP contribution in [0.15, 0.2) is 199 Å². The van der Waals surface area contributed by atoms with Gasteiger partial charge in [0.05, 0.1) is 22.0 Å². The van der Waals surface area contributed by atoms with Gasteiger partial charge in [0.25, 0.3) is 0 Å². The molecule has 1 heteroatoms. The van der Waals surface area contributed by atoms with Gasteiger partial charge < -0.3 is 0 Å². The molecular weight excluding hydrogens is 651 g/mol. The molecule has 4 aliphatic rings. The van der Waals surface area contributed by atoms with E-state index in [9.17, 15) is 0 Å². The van der Waals surface area contributed by atoms with Crippen LogP contribution in [0.2, 0.25) is 0 Å². The summed E-state index contributed by atoms with van der Waals surface area (Å²) in [5.41, 5.74) is 21.5. The molecule has 4 aliphatic carbocycles. The molecule has 0 aliphatic heterocycles. The Morgan fingerprint density at radius 1 is 0.407 bits per heavy atom. The Hall–Kier alpha value is -6.57. The van der Waals surface area contributed by atoms with Crippen molar-refractivity contribution >= 4 is 10.9 Å². The first-order valence-electron chi connectivity index (χ1n) is 19.2. The zero-order valence-electron chi connectivity index (χ0n) is 29.8. The van der Waals surface area contributed by atoms with Gasteiger partial charge in [0.2, 0.25) is 0 Å². The summed E-state index contributed by atoms with van der Waals surface area (Å²) in [7, 11) is 0. The third-order valence-electron chi connectivity index (χ3n) is 12.8. The SMILES string of the molecule is C1=CC2=C(CC1)C1(c3ccccc3-c3ccc(-c4cccc(-c5ccc6ccccc6n5)c4)cc31)c1ccccc1C21c2ccccc2-c2ccccc21. The zero-order valence-corrected chi connectivity index (χ0v) is 29.8. The first-order valence-corrected chi connectivity index (χ1v) is 19.2. The summed E-state index contributed by atoms with van der Waals surface area (Å²) >= 11 is 0. The Labute approximate surface area is 315 Å². The summed E-state index contributed by atoms with van der Waals surface area (Å²) in [4.78, 5) is 5.06. The van der Waals surface area contributed by atoms with Crippen molar-refractivity contribution in [1.82, 2.24) is 4.98 Å². The van der Waals surface area contributed by atoms with Crippen LogP contribution in [0.1, 0.15) is 46.2 Å². The van der Waals surface area contributed by atoms with Gasteiger partial charge in [-0.25, -0.2) is 4.98 Å². The second kappa shape index (κ2) is 11.0. The van der Waals surface area contributed by atoms with Crippen molar-refractivity contribution in [2.24, 2.45) is 0 Å². The zero-order chi connectivity index (χ0) is 35.4. The number of nitrogens with zero attached hydrogens (tertiary/aromatic N) is 1. The lowest BCUT2D eigenvalue weighted by molar-refractivity contribution is 0.590. The minimum Gasteiger partial charge on any atom is -0.248 e. The van der Waals surface area contributed by atoms with Crippen molar-refractivity contribution in [3.05, 3.63) is 233 Å².